The summed E-state index contributed by atoms with van der Waals surface area (Å²) in [7, 11) is 0. The van der Waals surface area contributed by atoms with Gasteiger partial charge < -0.3 is 5.73 Å². The average molecular weight is 224 g/mol. The third-order valence-electron chi connectivity index (χ3n) is 3.32. The smallest absolute Gasteiger partial charge is 0.0705 e. The maximum Gasteiger partial charge on any atom is 0.0705 e. The summed E-state index contributed by atoms with van der Waals surface area (Å²) in [5.74, 6) is 0. The van der Waals surface area contributed by atoms with E-state index in [9.17, 15) is 0 Å². The lowest BCUT2D eigenvalue weighted by atomic mass is 10.1. The summed E-state index contributed by atoms with van der Waals surface area (Å²) in [6.07, 6.45) is 1.88. The standard InChI is InChI=1S/C15H16N2/c1-10-3-2-4-11(7-10)14-6-5-12-8-13(16)9-15(12)17-14/h2-7,13H,8-9,16H2,1H3. The minimum absolute atomic E-state index is 0.255. The Hall–Kier alpha value is -1.67. The highest BCUT2D eigenvalue weighted by molar-refractivity contribution is 5.60. The number of benzene rings is 1. The highest BCUT2D eigenvalue weighted by Crippen LogP contribution is 2.24. The van der Waals surface area contributed by atoms with Crippen LogP contribution in [0.5, 0.6) is 0 Å². The Morgan fingerprint density at radius 1 is 1.18 bits per heavy atom. The van der Waals surface area contributed by atoms with Crippen LogP contribution in [-0.4, -0.2) is 11.0 Å². The van der Waals surface area contributed by atoms with Crippen molar-refractivity contribution in [3.8, 4) is 11.3 Å². The second-order valence-electron chi connectivity index (χ2n) is 4.84. The van der Waals surface area contributed by atoms with E-state index in [1.165, 1.54) is 22.4 Å². The molecule has 0 bridgehead atoms. The molecule has 0 aliphatic heterocycles. The zero-order valence-electron chi connectivity index (χ0n) is 9.98. The Bertz CT molecular complexity index is 561. The number of aromatic nitrogens is 1. The van der Waals surface area contributed by atoms with E-state index in [1.807, 2.05) is 0 Å². The van der Waals surface area contributed by atoms with Crippen molar-refractivity contribution < 1.29 is 0 Å². The fourth-order valence-electron chi connectivity index (χ4n) is 2.46. The van der Waals surface area contributed by atoms with Gasteiger partial charge in [-0.05, 0) is 31.0 Å². The van der Waals surface area contributed by atoms with E-state index in [4.69, 9.17) is 10.7 Å². The van der Waals surface area contributed by atoms with Crippen LogP contribution in [0.4, 0.5) is 0 Å². The summed E-state index contributed by atoms with van der Waals surface area (Å²) in [4.78, 5) is 4.74. The van der Waals surface area contributed by atoms with E-state index in [0.717, 1.165) is 18.5 Å². The van der Waals surface area contributed by atoms with Crippen LogP contribution in [0.1, 0.15) is 16.8 Å². The monoisotopic (exact) mass is 224 g/mol. The maximum atomic E-state index is 5.96. The zero-order chi connectivity index (χ0) is 11.8. The van der Waals surface area contributed by atoms with E-state index in [0.29, 0.717) is 0 Å². The number of rotatable bonds is 1. The van der Waals surface area contributed by atoms with Crippen molar-refractivity contribution in [2.24, 2.45) is 5.73 Å². The fraction of sp³-hybridized carbons (Fsp3) is 0.267. The van der Waals surface area contributed by atoms with Gasteiger partial charge in [-0.15, -0.1) is 0 Å². The second kappa shape index (κ2) is 3.97. The van der Waals surface area contributed by atoms with E-state index in [1.54, 1.807) is 0 Å². The first kappa shape index (κ1) is 10.5. The fourth-order valence-corrected chi connectivity index (χ4v) is 2.46. The minimum atomic E-state index is 0.255. The highest BCUT2D eigenvalue weighted by atomic mass is 14.8. The molecule has 1 atom stereocenters. The van der Waals surface area contributed by atoms with E-state index in [2.05, 4.69) is 43.3 Å². The Morgan fingerprint density at radius 3 is 2.88 bits per heavy atom. The van der Waals surface area contributed by atoms with Crippen LogP contribution in [0, 0.1) is 6.92 Å². The first-order valence-corrected chi connectivity index (χ1v) is 6.04. The number of hydrogen-bond acceptors (Lipinski definition) is 2. The van der Waals surface area contributed by atoms with Crippen molar-refractivity contribution in [2.45, 2.75) is 25.8 Å². The molecule has 0 amide bonds. The molecule has 2 N–H and O–H groups in total. The topological polar surface area (TPSA) is 38.9 Å². The van der Waals surface area contributed by atoms with Crippen molar-refractivity contribution in [2.75, 3.05) is 0 Å². The van der Waals surface area contributed by atoms with Gasteiger partial charge in [0.2, 0.25) is 0 Å². The Morgan fingerprint density at radius 2 is 2.06 bits per heavy atom. The van der Waals surface area contributed by atoms with Gasteiger partial charge in [0.1, 0.15) is 0 Å². The normalized spacial score (nSPS) is 18.1. The summed E-state index contributed by atoms with van der Waals surface area (Å²) in [5.41, 5.74) is 12.0. The van der Waals surface area contributed by atoms with Gasteiger partial charge in [0.25, 0.3) is 0 Å². The second-order valence-corrected chi connectivity index (χ2v) is 4.84. The number of fused-ring (bicyclic) bond motifs is 1. The van der Waals surface area contributed by atoms with Crippen LogP contribution in [0.3, 0.4) is 0 Å². The highest BCUT2D eigenvalue weighted by Gasteiger charge is 2.19. The van der Waals surface area contributed by atoms with Gasteiger partial charge in [-0.1, -0.05) is 29.8 Å². The van der Waals surface area contributed by atoms with E-state index >= 15 is 0 Å². The quantitative estimate of drug-likeness (QED) is 0.808. The van der Waals surface area contributed by atoms with Gasteiger partial charge >= 0.3 is 0 Å². The van der Waals surface area contributed by atoms with Crippen molar-refractivity contribution in [3.63, 3.8) is 0 Å². The van der Waals surface area contributed by atoms with Gasteiger partial charge in [0, 0.05) is 23.7 Å². The van der Waals surface area contributed by atoms with Crippen molar-refractivity contribution >= 4 is 0 Å². The molecule has 0 fully saturated rings. The van der Waals surface area contributed by atoms with Gasteiger partial charge in [0.15, 0.2) is 0 Å². The molecule has 2 nitrogen and oxygen atoms in total. The molecule has 1 heterocycles. The van der Waals surface area contributed by atoms with Crippen molar-refractivity contribution in [1.29, 1.82) is 0 Å². The number of pyridine rings is 1. The lowest BCUT2D eigenvalue weighted by Crippen LogP contribution is -2.19. The zero-order valence-corrected chi connectivity index (χ0v) is 9.98. The van der Waals surface area contributed by atoms with Crippen LogP contribution < -0.4 is 5.73 Å². The van der Waals surface area contributed by atoms with Crippen LogP contribution in [0.2, 0.25) is 0 Å². The van der Waals surface area contributed by atoms with Gasteiger partial charge in [-0.25, -0.2) is 0 Å². The largest absolute Gasteiger partial charge is 0.327 e. The molecular weight excluding hydrogens is 208 g/mol. The van der Waals surface area contributed by atoms with Crippen molar-refractivity contribution in [1.82, 2.24) is 4.98 Å². The van der Waals surface area contributed by atoms with Gasteiger partial charge in [-0.3, -0.25) is 4.98 Å². The van der Waals surface area contributed by atoms with Gasteiger partial charge in [-0.2, -0.15) is 0 Å². The summed E-state index contributed by atoms with van der Waals surface area (Å²) < 4.78 is 0. The molecule has 0 saturated carbocycles. The Balaban J connectivity index is 2.03. The van der Waals surface area contributed by atoms with Crippen LogP contribution in [-0.2, 0) is 12.8 Å². The molecule has 2 aromatic rings. The summed E-state index contributed by atoms with van der Waals surface area (Å²) in [5, 5.41) is 0. The van der Waals surface area contributed by atoms with E-state index in [-0.39, 0.29) is 6.04 Å². The SMILES string of the molecule is Cc1cccc(-c2ccc3c(n2)CC(N)C3)c1. The van der Waals surface area contributed by atoms with Crippen LogP contribution >= 0.6 is 0 Å². The maximum absolute atomic E-state index is 5.96. The molecule has 86 valence electrons. The van der Waals surface area contributed by atoms with Gasteiger partial charge in [0.05, 0.1) is 5.69 Å². The predicted octanol–water partition coefficient (Wildman–Crippen LogP) is 2.48. The van der Waals surface area contributed by atoms with Crippen LogP contribution in [0.25, 0.3) is 11.3 Å². The minimum Gasteiger partial charge on any atom is -0.327 e. The summed E-state index contributed by atoms with van der Waals surface area (Å²) in [6, 6.07) is 13.0. The molecule has 2 heteroatoms. The molecule has 17 heavy (non-hydrogen) atoms. The molecule has 0 radical (unpaired) electrons. The van der Waals surface area contributed by atoms with Crippen molar-refractivity contribution in [3.05, 3.63) is 53.2 Å². The Labute approximate surface area is 102 Å². The first-order valence-electron chi connectivity index (χ1n) is 6.04. The predicted molar refractivity (Wildman–Crippen MR) is 69.8 cm³/mol. The molecule has 3 rings (SSSR count). The molecule has 1 aliphatic rings. The molecule has 0 spiro atoms. The molecule has 1 aliphatic carbocycles. The first-order chi connectivity index (χ1) is 8.22. The lowest BCUT2D eigenvalue weighted by molar-refractivity contribution is 0.716. The molecule has 0 saturated heterocycles. The average Bonchev–Trinajstić information content (AvgIpc) is 2.68. The molecule has 1 aromatic carbocycles. The third-order valence-corrected chi connectivity index (χ3v) is 3.32. The molecule has 1 aromatic heterocycles. The summed E-state index contributed by atoms with van der Waals surface area (Å²) >= 11 is 0. The summed E-state index contributed by atoms with van der Waals surface area (Å²) in [6.45, 7) is 2.10. The van der Waals surface area contributed by atoms with E-state index < -0.39 is 0 Å². The number of nitrogens with two attached hydrogens (primary N) is 1. The molecular formula is C15H16N2. The number of hydrogen-bond donors (Lipinski definition) is 1. The lowest BCUT2D eigenvalue weighted by Gasteiger charge is -2.04. The number of nitrogens with zero attached hydrogens (tertiary/aromatic N) is 1. The Kier molecular flexibility index (Phi) is 2.45. The molecule has 1 unspecified atom stereocenters. The van der Waals surface area contributed by atoms with Crippen LogP contribution in [0.15, 0.2) is 36.4 Å². The third kappa shape index (κ3) is 1.96. The number of aryl methyl sites for hydroxylation is 1.